The van der Waals surface area contributed by atoms with Gasteiger partial charge in [-0.3, -0.25) is 13.2 Å². The van der Waals surface area contributed by atoms with Crippen LogP contribution >= 0.6 is 0 Å². The summed E-state index contributed by atoms with van der Waals surface area (Å²) in [7, 11) is -10.1. The standard InChI is InChI=1S/C30H26O12S3/c1-19-5-14-24(17-27(19)44(35,36)40-3)43(33,34)25-15-16-26(28(18-25)45(37,38)41-4)42-30(32)22-8-6-20(7-9-22)29(31)21-10-12-23(39-2)13-11-21/h5-18H,1-4H3. The van der Waals surface area contributed by atoms with Crippen LogP contribution in [0.25, 0.3) is 0 Å². The van der Waals surface area contributed by atoms with Gasteiger partial charge in [0.1, 0.15) is 10.6 Å². The fourth-order valence-corrected chi connectivity index (χ4v) is 7.28. The number of rotatable bonds is 11. The van der Waals surface area contributed by atoms with E-state index in [0.29, 0.717) is 11.3 Å². The van der Waals surface area contributed by atoms with Crippen molar-refractivity contribution in [2.24, 2.45) is 0 Å². The van der Waals surface area contributed by atoms with Crippen LogP contribution in [-0.4, -0.2) is 58.3 Å². The zero-order valence-corrected chi connectivity index (χ0v) is 26.7. The first kappa shape index (κ1) is 33.5. The number of benzene rings is 4. The number of sulfone groups is 1. The molecule has 0 fully saturated rings. The third-order valence-electron chi connectivity index (χ3n) is 6.61. The van der Waals surface area contributed by atoms with E-state index in [9.17, 15) is 34.8 Å². The lowest BCUT2D eigenvalue weighted by Gasteiger charge is -2.13. The molecule has 4 aromatic rings. The van der Waals surface area contributed by atoms with Crippen LogP contribution in [0.15, 0.2) is 105 Å². The Bertz CT molecular complexity index is 2100. The minimum Gasteiger partial charge on any atom is -0.497 e. The number of methoxy groups -OCH3 is 1. The van der Waals surface area contributed by atoms with Gasteiger partial charge in [-0.25, -0.2) is 13.2 Å². The molecule has 0 aromatic heterocycles. The van der Waals surface area contributed by atoms with Crippen LogP contribution in [-0.2, 0) is 38.4 Å². The van der Waals surface area contributed by atoms with Gasteiger partial charge in [0, 0.05) is 11.1 Å². The maximum absolute atomic E-state index is 13.4. The summed E-state index contributed by atoms with van der Waals surface area (Å²) in [6, 6.07) is 17.8. The quantitative estimate of drug-likeness (QED) is 0.0971. The second kappa shape index (κ2) is 12.9. The average molecular weight is 675 g/mol. The number of aryl methyl sites for hydroxylation is 1. The molecular weight excluding hydrogens is 649 g/mol. The van der Waals surface area contributed by atoms with E-state index in [1.54, 1.807) is 24.3 Å². The second-order valence-corrected chi connectivity index (χ2v) is 14.6. The summed E-state index contributed by atoms with van der Waals surface area (Å²) in [6.07, 6.45) is 0. The summed E-state index contributed by atoms with van der Waals surface area (Å²) < 4.78 is 96.5. The molecular formula is C30H26O12S3. The van der Waals surface area contributed by atoms with Crippen LogP contribution in [0.2, 0.25) is 0 Å². The van der Waals surface area contributed by atoms with Gasteiger partial charge in [-0.05, 0) is 79.2 Å². The van der Waals surface area contributed by atoms with Crippen molar-refractivity contribution < 1.29 is 52.7 Å². The Labute approximate surface area is 260 Å². The number of hydrogen-bond donors (Lipinski definition) is 0. The Morgan fingerprint density at radius 3 is 1.58 bits per heavy atom. The van der Waals surface area contributed by atoms with Crippen LogP contribution in [0.5, 0.6) is 11.5 Å². The molecule has 0 aliphatic rings. The van der Waals surface area contributed by atoms with E-state index in [4.69, 9.17) is 9.47 Å². The molecule has 0 radical (unpaired) electrons. The van der Waals surface area contributed by atoms with Crippen molar-refractivity contribution in [2.45, 2.75) is 26.5 Å². The molecule has 0 heterocycles. The normalized spacial score (nSPS) is 12.0. The van der Waals surface area contributed by atoms with E-state index in [1.807, 2.05) is 0 Å². The van der Waals surface area contributed by atoms with E-state index in [1.165, 1.54) is 44.4 Å². The maximum Gasteiger partial charge on any atom is 0.343 e. The van der Waals surface area contributed by atoms with Gasteiger partial charge in [-0.1, -0.05) is 18.2 Å². The van der Waals surface area contributed by atoms with Crippen molar-refractivity contribution in [3.8, 4) is 11.5 Å². The molecule has 0 unspecified atom stereocenters. The van der Waals surface area contributed by atoms with Crippen LogP contribution in [0.4, 0.5) is 0 Å². The fraction of sp³-hybridized carbons (Fsp3) is 0.133. The smallest absolute Gasteiger partial charge is 0.343 e. The molecule has 0 spiro atoms. The molecule has 0 saturated heterocycles. The lowest BCUT2D eigenvalue weighted by atomic mass is 10.0. The number of esters is 1. The number of ether oxygens (including phenoxy) is 2. The van der Waals surface area contributed by atoms with Crippen molar-refractivity contribution in [1.29, 1.82) is 0 Å². The lowest BCUT2D eigenvalue weighted by Crippen LogP contribution is -2.14. The molecule has 0 amide bonds. The molecule has 15 heteroatoms. The third-order valence-corrected chi connectivity index (χ3v) is 11.1. The van der Waals surface area contributed by atoms with Gasteiger partial charge >= 0.3 is 5.97 Å². The van der Waals surface area contributed by atoms with Gasteiger partial charge in [0.15, 0.2) is 11.5 Å². The molecule has 0 bridgehead atoms. The lowest BCUT2D eigenvalue weighted by molar-refractivity contribution is 0.0729. The molecule has 0 aliphatic heterocycles. The summed E-state index contributed by atoms with van der Waals surface area (Å²) in [5.74, 6) is -1.28. The van der Waals surface area contributed by atoms with Gasteiger partial charge in [-0.15, -0.1) is 0 Å². The highest BCUT2D eigenvalue weighted by Gasteiger charge is 2.28. The number of ketones is 1. The zero-order valence-electron chi connectivity index (χ0n) is 24.2. The summed E-state index contributed by atoms with van der Waals surface area (Å²) in [4.78, 5) is 23.6. The first-order valence-electron chi connectivity index (χ1n) is 12.8. The molecule has 4 rings (SSSR count). The first-order valence-corrected chi connectivity index (χ1v) is 17.1. The Morgan fingerprint density at radius 1 is 0.578 bits per heavy atom. The molecule has 0 saturated carbocycles. The summed E-state index contributed by atoms with van der Waals surface area (Å²) in [6.45, 7) is 1.45. The molecule has 12 nitrogen and oxygen atoms in total. The minimum absolute atomic E-state index is 0.0368. The highest BCUT2D eigenvalue weighted by atomic mass is 32.2. The molecule has 0 aliphatic carbocycles. The predicted molar refractivity (Wildman–Crippen MR) is 159 cm³/mol. The maximum atomic E-state index is 13.4. The second-order valence-electron chi connectivity index (χ2n) is 9.31. The molecule has 236 valence electrons. The van der Waals surface area contributed by atoms with Gasteiger partial charge in [-0.2, -0.15) is 16.8 Å². The fourth-order valence-electron chi connectivity index (χ4n) is 4.09. The van der Waals surface area contributed by atoms with Crippen molar-refractivity contribution >= 4 is 41.8 Å². The predicted octanol–water partition coefficient (Wildman–Crippen LogP) is 3.96. The van der Waals surface area contributed by atoms with E-state index < -0.39 is 61.4 Å². The van der Waals surface area contributed by atoms with Crippen molar-refractivity contribution in [1.82, 2.24) is 0 Å². The van der Waals surface area contributed by atoms with E-state index in [0.717, 1.165) is 44.6 Å². The van der Waals surface area contributed by atoms with Crippen LogP contribution in [0.1, 0.15) is 31.8 Å². The van der Waals surface area contributed by atoms with Gasteiger partial charge in [0.25, 0.3) is 20.2 Å². The average Bonchev–Trinajstić information content (AvgIpc) is 3.04. The first-order chi connectivity index (χ1) is 21.1. The van der Waals surface area contributed by atoms with Crippen molar-refractivity contribution in [3.05, 3.63) is 107 Å². The SMILES string of the molecule is COc1ccc(C(=O)c2ccc(C(=O)Oc3ccc(S(=O)(=O)c4ccc(C)c(S(=O)(=O)OC)c4)cc3S(=O)(=O)OC)cc2)cc1. The van der Waals surface area contributed by atoms with Crippen molar-refractivity contribution in [3.63, 3.8) is 0 Å². The highest BCUT2D eigenvalue weighted by Crippen LogP contribution is 2.33. The largest absolute Gasteiger partial charge is 0.497 e. The van der Waals surface area contributed by atoms with E-state index in [2.05, 4.69) is 8.37 Å². The number of hydrogen-bond acceptors (Lipinski definition) is 12. The Balaban J connectivity index is 1.66. The van der Waals surface area contributed by atoms with E-state index in [-0.39, 0.29) is 22.5 Å². The minimum atomic E-state index is -4.63. The van der Waals surface area contributed by atoms with Crippen LogP contribution in [0.3, 0.4) is 0 Å². The van der Waals surface area contributed by atoms with Gasteiger partial charge in [0.05, 0.1) is 41.6 Å². The van der Waals surface area contributed by atoms with Crippen molar-refractivity contribution in [2.75, 3.05) is 21.3 Å². The van der Waals surface area contributed by atoms with Crippen LogP contribution in [0, 0.1) is 6.92 Å². The summed E-state index contributed by atoms with van der Waals surface area (Å²) >= 11 is 0. The summed E-state index contributed by atoms with van der Waals surface area (Å²) in [5, 5.41) is 0. The third kappa shape index (κ3) is 6.97. The molecule has 45 heavy (non-hydrogen) atoms. The molecule has 4 aromatic carbocycles. The zero-order chi connectivity index (χ0) is 33.2. The Morgan fingerprint density at radius 2 is 1.04 bits per heavy atom. The topological polar surface area (TPSA) is 173 Å². The monoisotopic (exact) mass is 674 g/mol. The molecule has 0 atom stereocenters. The number of carbonyl (C=O) groups is 2. The summed E-state index contributed by atoms with van der Waals surface area (Å²) in [5.41, 5.74) is 0.841. The molecule has 0 N–H and O–H groups in total. The number of carbonyl (C=O) groups excluding carboxylic acids is 2. The Hall–Kier alpha value is -4.41. The van der Waals surface area contributed by atoms with E-state index >= 15 is 0 Å². The van der Waals surface area contributed by atoms with Crippen LogP contribution < -0.4 is 9.47 Å². The van der Waals surface area contributed by atoms with Gasteiger partial charge in [0.2, 0.25) is 9.84 Å². The van der Waals surface area contributed by atoms with Gasteiger partial charge < -0.3 is 9.47 Å². The highest BCUT2D eigenvalue weighted by molar-refractivity contribution is 7.91. The Kier molecular flexibility index (Phi) is 9.60.